The maximum Gasteiger partial charge on any atom is 0.345 e. The Hall–Kier alpha value is -1.03. The number of halogens is 2. The molecule has 1 aliphatic carbocycles. The van der Waals surface area contributed by atoms with E-state index in [0.717, 1.165) is 48.4 Å². The normalized spacial score (nSPS) is 22.3. The van der Waals surface area contributed by atoms with E-state index >= 15 is 0 Å². The van der Waals surface area contributed by atoms with Crippen LogP contribution in [0.1, 0.15) is 57.8 Å². The maximum atomic E-state index is 11.0. The van der Waals surface area contributed by atoms with Crippen LogP contribution < -0.4 is 0 Å². The van der Waals surface area contributed by atoms with Gasteiger partial charge in [0.25, 0.3) is 0 Å². The Balaban J connectivity index is 1.51. The average molecular weight is 425 g/mol. The van der Waals surface area contributed by atoms with Crippen LogP contribution in [0.3, 0.4) is 0 Å². The summed E-state index contributed by atoms with van der Waals surface area (Å²) in [5, 5.41) is 10.1. The number of rotatable bonds is 8. The van der Waals surface area contributed by atoms with Crippen molar-refractivity contribution in [2.24, 2.45) is 11.8 Å². The van der Waals surface area contributed by atoms with E-state index in [1.54, 1.807) is 6.07 Å². The zero-order chi connectivity index (χ0) is 19.4. The molecule has 1 fully saturated rings. The van der Waals surface area contributed by atoms with Gasteiger partial charge in [-0.15, -0.1) is 22.9 Å². The zero-order valence-electron chi connectivity index (χ0n) is 15.6. The third kappa shape index (κ3) is 5.73. The highest BCUT2D eigenvalue weighted by atomic mass is 35.5. The van der Waals surface area contributed by atoms with Crippen LogP contribution in [0.4, 0.5) is 0 Å². The van der Waals surface area contributed by atoms with Gasteiger partial charge in [-0.1, -0.05) is 17.7 Å². The van der Waals surface area contributed by atoms with Crippen LogP contribution in [0.25, 0.3) is 0 Å². The van der Waals surface area contributed by atoms with E-state index in [0.29, 0.717) is 16.7 Å². The molecule has 0 bridgehead atoms. The summed E-state index contributed by atoms with van der Waals surface area (Å²) in [7, 11) is 0. The van der Waals surface area contributed by atoms with Crippen molar-refractivity contribution in [3.05, 3.63) is 56.2 Å². The van der Waals surface area contributed by atoms with Crippen LogP contribution in [0, 0.1) is 18.8 Å². The Morgan fingerprint density at radius 2 is 2.00 bits per heavy atom. The molecule has 0 radical (unpaired) electrons. The molecule has 1 aliphatic rings. The maximum absolute atomic E-state index is 11.0. The lowest BCUT2D eigenvalue weighted by atomic mass is 9.86. The Labute approximate surface area is 175 Å². The Morgan fingerprint density at radius 1 is 1.19 bits per heavy atom. The van der Waals surface area contributed by atoms with E-state index in [1.807, 2.05) is 12.1 Å². The predicted octanol–water partition coefficient (Wildman–Crippen LogP) is 7.00. The number of carboxylic acid groups (broad SMARTS) is 1. The molecule has 3 atom stereocenters. The molecule has 5 heteroatoms. The molecule has 1 N–H and O–H groups in total. The molecule has 3 rings (SSSR count). The van der Waals surface area contributed by atoms with Gasteiger partial charge in [-0.05, 0) is 99.1 Å². The van der Waals surface area contributed by atoms with Crippen LogP contribution in [0.5, 0.6) is 0 Å². The number of benzene rings is 1. The summed E-state index contributed by atoms with van der Waals surface area (Å²) < 4.78 is 0. The van der Waals surface area contributed by atoms with E-state index in [1.165, 1.54) is 28.9 Å². The minimum atomic E-state index is -0.834. The quantitative estimate of drug-likeness (QED) is 0.463. The second kappa shape index (κ2) is 9.45. The van der Waals surface area contributed by atoms with E-state index in [2.05, 4.69) is 19.1 Å². The second-order valence-corrected chi connectivity index (χ2v) is 9.82. The van der Waals surface area contributed by atoms with Gasteiger partial charge in [0.1, 0.15) is 4.88 Å². The Morgan fingerprint density at radius 3 is 2.70 bits per heavy atom. The SMILES string of the molecule is Cc1cc(Cl)cc(CC[C@H]2CC[C@@H](Cl)[C@@H]2CCCc2ccc(C(=O)O)s2)c1. The van der Waals surface area contributed by atoms with Crippen molar-refractivity contribution in [3.63, 3.8) is 0 Å². The molecule has 2 aromatic rings. The Kier molecular flexibility index (Phi) is 7.24. The van der Waals surface area contributed by atoms with Crippen LogP contribution in [0.15, 0.2) is 30.3 Å². The molecule has 1 saturated carbocycles. The topological polar surface area (TPSA) is 37.3 Å². The van der Waals surface area contributed by atoms with Crippen molar-refractivity contribution in [1.29, 1.82) is 0 Å². The molecular formula is C22H26Cl2O2S. The molecular weight excluding hydrogens is 399 g/mol. The number of thiophene rings is 1. The summed E-state index contributed by atoms with van der Waals surface area (Å²) in [5.41, 5.74) is 2.53. The van der Waals surface area contributed by atoms with E-state index in [-0.39, 0.29) is 5.38 Å². The first kappa shape index (κ1) is 20.7. The summed E-state index contributed by atoms with van der Waals surface area (Å²) in [6, 6.07) is 9.95. The second-order valence-electron chi connectivity index (χ2n) is 7.66. The lowest BCUT2D eigenvalue weighted by Gasteiger charge is -2.22. The fraction of sp³-hybridized carbons (Fsp3) is 0.500. The third-order valence-electron chi connectivity index (χ3n) is 5.62. The fourth-order valence-corrected chi connectivity index (χ4v) is 5.98. The van der Waals surface area contributed by atoms with E-state index in [4.69, 9.17) is 28.3 Å². The summed E-state index contributed by atoms with van der Waals surface area (Å²) in [4.78, 5) is 12.6. The molecule has 0 unspecified atom stereocenters. The average Bonchev–Trinajstić information content (AvgIpc) is 3.20. The monoisotopic (exact) mass is 424 g/mol. The number of hydrogen-bond acceptors (Lipinski definition) is 2. The van der Waals surface area contributed by atoms with Gasteiger partial charge in [-0.3, -0.25) is 0 Å². The minimum Gasteiger partial charge on any atom is -0.477 e. The smallest absolute Gasteiger partial charge is 0.345 e. The van der Waals surface area contributed by atoms with Crippen LogP contribution in [-0.4, -0.2) is 16.5 Å². The Bertz CT molecular complexity index is 766. The fourth-order valence-electron chi connectivity index (χ4n) is 4.32. The molecule has 0 aliphatic heterocycles. The minimum absolute atomic E-state index is 0.272. The molecule has 27 heavy (non-hydrogen) atoms. The molecule has 0 saturated heterocycles. The summed E-state index contributed by atoms with van der Waals surface area (Å²) in [6.07, 6.45) is 7.66. The number of aryl methyl sites for hydroxylation is 3. The van der Waals surface area contributed by atoms with Gasteiger partial charge in [0, 0.05) is 15.3 Å². The van der Waals surface area contributed by atoms with Crippen molar-refractivity contribution in [1.82, 2.24) is 0 Å². The van der Waals surface area contributed by atoms with Gasteiger partial charge in [0.2, 0.25) is 0 Å². The number of hydrogen-bond donors (Lipinski definition) is 1. The largest absolute Gasteiger partial charge is 0.477 e. The van der Waals surface area contributed by atoms with Gasteiger partial charge in [-0.2, -0.15) is 0 Å². The molecule has 146 valence electrons. The van der Waals surface area contributed by atoms with Crippen LogP contribution in [0.2, 0.25) is 5.02 Å². The van der Waals surface area contributed by atoms with Crippen molar-refractivity contribution in [2.75, 3.05) is 0 Å². The molecule has 0 spiro atoms. The highest BCUT2D eigenvalue weighted by Gasteiger charge is 2.33. The van der Waals surface area contributed by atoms with Crippen LogP contribution >= 0.6 is 34.5 Å². The lowest BCUT2D eigenvalue weighted by molar-refractivity contribution is 0.0702. The van der Waals surface area contributed by atoms with Gasteiger partial charge >= 0.3 is 5.97 Å². The van der Waals surface area contributed by atoms with Gasteiger partial charge in [-0.25, -0.2) is 4.79 Å². The summed E-state index contributed by atoms with van der Waals surface area (Å²) in [5.74, 6) is 0.398. The van der Waals surface area contributed by atoms with Gasteiger partial charge in [0.05, 0.1) is 0 Å². The first-order valence-electron chi connectivity index (χ1n) is 9.64. The number of alkyl halides is 1. The predicted molar refractivity (Wildman–Crippen MR) is 115 cm³/mol. The molecule has 2 nitrogen and oxygen atoms in total. The number of carbonyl (C=O) groups is 1. The third-order valence-corrected chi connectivity index (χ3v) is 7.52. The number of carboxylic acids is 1. The molecule has 1 heterocycles. The zero-order valence-corrected chi connectivity index (χ0v) is 17.9. The van der Waals surface area contributed by atoms with E-state index in [9.17, 15) is 4.79 Å². The summed E-state index contributed by atoms with van der Waals surface area (Å²) in [6.45, 7) is 2.09. The van der Waals surface area contributed by atoms with Crippen molar-refractivity contribution < 1.29 is 9.90 Å². The van der Waals surface area contributed by atoms with Gasteiger partial charge < -0.3 is 5.11 Å². The summed E-state index contributed by atoms with van der Waals surface area (Å²) >= 11 is 14.2. The lowest BCUT2D eigenvalue weighted by Crippen LogP contribution is -2.16. The van der Waals surface area contributed by atoms with E-state index < -0.39 is 5.97 Å². The first-order valence-corrected chi connectivity index (χ1v) is 11.3. The van der Waals surface area contributed by atoms with Crippen molar-refractivity contribution >= 4 is 40.5 Å². The van der Waals surface area contributed by atoms with Crippen molar-refractivity contribution in [2.45, 2.75) is 57.2 Å². The number of aromatic carboxylic acids is 1. The first-order chi connectivity index (χ1) is 12.9. The standard InChI is InChI=1S/C22H26Cl2O2S/c1-14-11-15(13-17(23)12-14)5-6-16-7-9-20(24)19(16)4-2-3-18-8-10-21(27-18)22(25)26/h8,10-13,16,19-20H,2-7,9H2,1H3,(H,25,26)/t16-,19+,20+/m0/s1. The highest BCUT2D eigenvalue weighted by Crippen LogP contribution is 2.41. The van der Waals surface area contributed by atoms with Crippen molar-refractivity contribution in [3.8, 4) is 0 Å². The molecule has 1 aromatic heterocycles. The molecule has 0 amide bonds. The van der Waals surface area contributed by atoms with Gasteiger partial charge in [0.15, 0.2) is 0 Å². The molecule has 1 aromatic carbocycles. The highest BCUT2D eigenvalue weighted by molar-refractivity contribution is 7.13. The van der Waals surface area contributed by atoms with Crippen LogP contribution in [-0.2, 0) is 12.8 Å².